The maximum Gasteiger partial charge on any atom is 0.257 e. The van der Waals surface area contributed by atoms with E-state index in [2.05, 4.69) is 0 Å². The average Bonchev–Trinajstić information content (AvgIpc) is 3.29. The molecule has 0 aliphatic carbocycles. The lowest BCUT2D eigenvalue weighted by atomic mass is 10.1. The van der Waals surface area contributed by atoms with E-state index < -0.39 is 5.82 Å². The van der Waals surface area contributed by atoms with E-state index in [1.165, 1.54) is 6.07 Å². The second-order valence-corrected chi connectivity index (χ2v) is 6.82. The smallest absolute Gasteiger partial charge is 0.257 e. The highest BCUT2D eigenvalue weighted by atomic mass is 19.1. The van der Waals surface area contributed by atoms with E-state index in [0.29, 0.717) is 6.54 Å². The second kappa shape index (κ2) is 6.44. The van der Waals surface area contributed by atoms with Crippen molar-refractivity contribution < 1.29 is 9.18 Å². The van der Waals surface area contributed by atoms with Crippen LogP contribution >= 0.6 is 0 Å². The predicted octanol–water partition coefficient (Wildman–Crippen LogP) is 3.52. The van der Waals surface area contributed by atoms with Gasteiger partial charge in [-0.15, -0.1) is 0 Å². The van der Waals surface area contributed by atoms with E-state index in [9.17, 15) is 9.18 Å². The van der Waals surface area contributed by atoms with Crippen LogP contribution in [-0.2, 0) is 0 Å². The average molecular weight is 352 g/mol. The Kier molecular flexibility index (Phi) is 4.11. The van der Waals surface area contributed by atoms with Gasteiger partial charge in [-0.1, -0.05) is 12.1 Å². The van der Waals surface area contributed by atoms with Crippen LogP contribution in [0.3, 0.4) is 0 Å². The van der Waals surface area contributed by atoms with Crippen molar-refractivity contribution in [3.05, 3.63) is 65.9 Å². The van der Waals surface area contributed by atoms with Gasteiger partial charge in [-0.2, -0.15) is 0 Å². The van der Waals surface area contributed by atoms with Gasteiger partial charge in [-0.25, -0.2) is 9.37 Å². The van der Waals surface area contributed by atoms with E-state index in [-0.39, 0.29) is 17.5 Å². The molecule has 3 heterocycles. The SMILES string of the molecule is CN(C)c1nc([C@H]2CCCN2C(=O)c2ccccc2F)cn2cccc12. The summed E-state index contributed by atoms with van der Waals surface area (Å²) in [5.41, 5.74) is 1.97. The van der Waals surface area contributed by atoms with Crippen LogP contribution in [0.2, 0.25) is 0 Å². The number of carbonyl (C=O) groups is 1. The minimum absolute atomic E-state index is 0.120. The lowest BCUT2D eigenvalue weighted by molar-refractivity contribution is 0.0728. The van der Waals surface area contributed by atoms with Crippen LogP contribution in [0, 0.1) is 5.82 Å². The van der Waals surface area contributed by atoms with Crippen molar-refractivity contribution >= 4 is 17.2 Å². The molecule has 1 aliphatic heterocycles. The number of rotatable bonds is 3. The third-order valence-corrected chi connectivity index (χ3v) is 4.90. The van der Waals surface area contributed by atoms with Crippen molar-refractivity contribution in [1.29, 1.82) is 0 Å². The minimum atomic E-state index is -0.481. The summed E-state index contributed by atoms with van der Waals surface area (Å²) >= 11 is 0. The third kappa shape index (κ3) is 2.71. The van der Waals surface area contributed by atoms with Crippen LogP contribution in [0.1, 0.15) is 34.9 Å². The molecule has 1 aliphatic rings. The van der Waals surface area contributed by atoms with Gasteiger partial charge in [-0.05, 0) is 37.1 Å². The number of halogens is 1. The standard InChI is InChI=1S/C20H21FN4O/c1-23(2)19-18-10-5-11-24(18)13-16(22-19)17-9-6-12-25(17)20(26)14-7-3-4-8-15(14)21/h3-5,7-8,10-11,13,17H,6,9,12H2,1-2H3/t17-/m1/s1. The Labute approximate surface area is 151 Å². The quantitative estimate of drug-likeness (QED) is 0.724. The fourth-order valence-corrected chi connectivity index (χ4v) is 3.64. The number of likely N-dealkylation sites (tertiary alicyclic amines) is 1. The molecule has 0 spiro atoms. The van der Waals surface area contributed by atoms with Crippen molar-refractivity contribution in [2.24, 2.45) is 0 Å². The third-order valence-electron chi connectivity index (χ3n) is 4.90. The van der Waals surface area contributed by atoms with E-state index >= 15 is 0 Å². The van der Waals surface area contributed by atoms with Gasteiger partial charge in [0.1, 0.15) is 5.82 Å². The molecule has 1 atom stereocenters. The van der Waals surface area contributed by atoms with E-state index in [1.807, 2.05) is 47.9 Å². The van der Waals surface area contributed by atoms with E-state index in [4.69, 9.17) is 4.98 Å². The van der Waals surface area contributed by atoms with Crippen molar-refractivity contribution in [3.63, 3.8) is 0 Å². The fourth-order valence-electron chi connectivity index (χ4n) is 3.64. The molecule has 0 bridgehead atoms. The maximum absolute atomic E-state index is 14.1. The highest BCUT2D eigenvalue weighted by Gasteiger charge is 2.33. The number of anilines is 1. The van der Waals surface area contributed by atoms with Crippen LogP contribution in [0.5, 0.6) is 0 Å². The van der Waals surface area contributed by atoms with E-state index in [0.717, 1.165) is 29.9 Å². The summed E-state index contributed by atoms with van der Waals surface area (Å²) in [6.45, 7) is 0.612. The number of nitrogens with zero attached hydrogens (tertiary/aromatic N) is 4. The van der Waals surface area contributed by atoms with Gasteiger partial charge in [0.15, 0.2) is 5.82 Å². The number of benzene rings is 1. The Morgan fingerprint density at radius 3 is 2.81 bits per heavy atom. The number of hydrogen-bond acceptors (Lipinski definition) is 3. The van der Waals surface area contributed by atoms with Gasteiger partial charge in [-0.3, -0.25) is 4.79 Å². The van der Waals surface area contributed by atoms with E-state index in [1.54, 1.807) is 23.1 Å². The Balaban J connectivity index is 1.74. The predicted molar refractivity (Wildman–Crippen MR) is 98.9 cm³/mol. The van der Waals surface area contributed by atoms with Crippen LogP contribution in [0.4, 0.5) is 10.2 Å². The molecule has 3 aromatic rings. The maximum atomic E-state index is 14.1. The lowest BCUT2D eigenvalue weighted by Crippen LogP contribution is -2.32. The van der Waals surface area contributed by atoms with Gasteiger partial charge in [0, 0.05) is 33.0 Å². The molecule has 6 heteroatoms. The molecular formula is C20H21FN4O. The zero-order chi connectivity index (χ0) is 18.3. The van der Waals surface area contributed by atoms with Gasteiger partial charge >= 0.3 is 0 Å². The monoisotopic (exact) mass is 352 g/mol. The van der Waals surface area contributed by atoms with Crippen LogP contribution in [0.15, 0.2) is 48.8 Å². The molecule has 4 rings (SSSR count). The first-order valence-corrected chi connectivity index (χ1v) is 8.76. The lowest BCUT2D eigenvalue weighted by Gasteiger charge is -2.26. The summed E-state index contributed by atoms with van der Waals surface area (Å²) < 4.78 is 16.1. The highest BCUT2D eigenvalue weighted by Crippen LogP contribution is 2.34. The molecule has 0 unspecified atom stereocenters. The molecule has 0 N–H and O–H groups in total. The topological polar surface area (TPSA) is 40.9 Å². The van der Waals surface area contributed by atoms with Crippen molar-refractivity contribution in [2.75, 3.05) is 25.5 Å². The minimum Gasteiger partial charge on any atom is -0.361 e. The molecule has 1 saturated heterocycles. The van der Waals surface area contributed by atoms with Gasteiger partial charge in [0.2, 0.25) is 0 Å². The first kappa shape index (κ1) is 16.6. The Morgan fingerprint density at radius 2 is 2.04 bits per heavy atom. The fraction of sp³-hybridized carbons (Fsp3) is 0.300. The summed E-state index contributed by atoms with van der Waals surface area (Å²) in [5, 5.41) is 0. The normalized spacial score (nSPS) is 17.0. The first-order chi connectivity index (χ1) is 12.6. The molecule has 1 amide bonds. The second-order valence-electron chi connectivity index (χ2n) is 6.82. The van der Waals surface area contributed by atoms with Gasteiger partial charge < -0.3 is 14.2 Å². The summed E-state index contributed by atoms with van der Waals surface area (Å²) in [4.78, 5) is 21.5. The zero-order valence-electron chi connectivity index (χ0n) is 14.9. The Bertz CT molecular complexity index is 965. The largest absolute Gasteiger partial charge is 0.361 e. The molecule has 26 heavy (non-hydrogen) atoms. The number of aromatic nitrogens is 2. The number of hydrogen-bond donors (Lipinski definition) is 0. The summed E-state index contributed by atoms with van der Waals surface area (Å²) in [5.74, 6) is 0.107. The molecule has 0 saturated carbocycles. The number of amides is 1. The molecule has 5 nitrogen and oxygen atoms in total. The summed E-state index contributed by atoms with van der Waals surface area (Å²) in [6, 6.07) is 10.0. The number of fused-ring (bicyclic) bond motifs is 1. The van der Waals surface area contributed by atoms with Crippen LogP contribution in [0.25, 0.3) is 5.52 Å². The van der Waals surface area contributed by atoms with Gasteiger partial charge in [0.05, 0.1) is 22.8 Å². The molecule has 1 aromatic carbocycles. The van der Waals surface area contributed by atoms with Crippen molar-refractivity contribution in [2.45, 2.75) is 18.9 Å². The van der Waals surface area contributed by atoms with Crippen molar-refractivity contribution in [3.8, 4) is 0 Å². The van der Waals surface area contributed by atoms with Crippen molar-refractivity contribution in [1.82, 2.24) is 14.3 Å². The Morgan fingerprint density at radius 1 is 1.23 bits per heavy atom. The summed E-state index contributed by atoms with van der Waals surface area (Å²) in [6.07, 6.45) is 5.66. The molecular weight excluding hydrogens is 331 g/mol. The van der Waals surface area contributed by atoms with Crippen LogP contribution < -0.4 is 4.90 Å². The Hall–Kier alpha value is -2.89. The summed E-state index contributed by atoms with van der Waals surface area (Å²) in [7, 11) is 3.91. The molecule has 134 valence electrons. The first-order valence-electron chi connectivity index (χ1n) is 8.76. The highest BCUT2D eigenvalue weighted by molar-refractivity contribution is 5.95. The molecule has 0 radical (unpaired) electrons. The number of carbonyl (C=O) groups excluding carboxylic acids is 1. The molecule has 2 aromatic heterocycles. The van der Waals surface area contributed by atoms with Gasteiger partial charge in [0.25, 0.3) is 5.91 Å². The van der Waals surface area contributed by atoms with Crippen LogP contribution in [-0.4, -0.2) is 40.8 Å². The molecule has 1 fully saturated rings. The zero-order valence-corrected chi connectivity index (χ0v) is 14.9.